The van der Waals surface area contributed by atoms with Crippen LogP contribution in [0, 0.1) is 5.92 Å². The van der Waals surface area contributed by atoms with E-state index in [9.17, 15) is 0 Å². The van der Waals surface area contributed by atoms with Gasteiger partial charge in [-0.05, 0) is 50.7 Å². The van der Waals surface area contributed by atoms with Crippen LogP contribution in [0.5, 0.6) is 0 Å². The van der Waals surface area contributed by atoms with Crippen molar-refractivity contribution in [1.82, 2.24) is 30.1 Å². The molecule has 0 radical (unpaired) electrons. The highest BCUT2D eigenvalue weighted by Crippen LogP contribution is 2.34. The summed E-state index contributed by atoms with van der Waals surface area (Å²) in [6, 6.07) is 6.74. The van der Waals surface area contributed by atoms with E-state index >= 15 is 0 Å². The van der Waals surface area contributed by atoms with E-state index in [-0.39, 0.29) is 0 Å². The van der Waals surface area contributed by atoms with Gasteiger partial charge < -0.3 is 10.6 Å². The number of fused-ring (bicyclic) bond motifs is 1. The maximum Gasteiger partial charge on any atom is 0.191 e. The van der Waals surface area contributed by atoms with Crippen molar-refractivity contribution in [3.8, 4) is 0 Å². The molecule has 2 aliphatic carbocycles. The molecule has 0 amide bonds. The van der Waals surface area contributed by atoms with Crippen molar-refractivity contribution in [3.05, 3.63) is 30.2 Å². The molecule has 2 N–H and O–H groups in total. The predicted octanol–water partition coefficient (Wildman–Crippen LogP) is 1.66. The summed E-state index contributed by atoms with van der Waals surface area (Å²) in [4.78, 5) is 7.36. The van der Waals surface area contributed by atoms with Gasteiger partial charge in [0.05, 0.1) is 0 Å². The normalized spacial score (nSPS) is 17.8. The van der Waals surface area contributed by atoms with E-state index in [0.717, 1.165) is 49.0 Å². The zero-order chi connectivity index (χ0) is 17.8. The molecule has 0 saturated heterocycles. The Kier molecular flexibility index (Phi) is 5.34. The van der Waals surface area contributed by atoms with E-state index in [2.05, 4.69) is 37.6 Å². The first-order valence-electron chi connectivity index (χ1n) is 9.88. The number of aromatic nitrogens is 3. The molecule has 2 saturated carbocycles. The second kappa shape index (κ2) is 8.03. The molecule has 2 aromatic rings. The van der Waals surface area contributed by atoms with Crippen LogP contribution < -0.4 is 10.6 Å². The molecule has 0 unspecified atom stereocenters. The lowest BCUT2D eigenvalue weighted by Gasteiger charge is -2.22. The first-order valence-corrected chi connectivity index (χ1v) is 9.88. The molecular formula is C19H29N7. The highest BCUT2D eigenvalue weighted by atomic mass is 15.3. The van der Waals surface area contributed by atoms with Crippen molar-refractivity contribution < 1.29 is 0 Å². The third-order valence-electron chi connectivity index (χ3n) is 5.05. The maximum absolute atomic E-state index is 4.69. The minimum Gasteiger partial charge on any atom is -0.357 e. The minimum absolute atomic E-state index is 0.509. The Morgan fingerprint density at radius 2 is 2.12 bits per heavy atom. The average molecular weight is 355 g/mol. The second-order valence-corrected chi connectivity index (χ2v) is 7.34. The van der Waals surface area contributed by atoms with E-state index in [1.807, 2.05) is 28.8 Å². The largest absolute Gasteiger partial charge is 0.357 e. The molecule has 0 aromatic carbocycles. The summed E-state index contributed by atoms with van der Waals surface area (Å²) in [5.74, 6) is 2.66. The molecule has 2 heterocycles. The smallest absolute Gasteiger partial charge is 0.191 e. The summed E-state index contributed by atoms with van der Waals surface area (Å²) in [6.45, 7) is 6.75. The zero-order valence-corrected chi connectivity index (χ0v) is 15.6. The summed E-state index contributed by atoms with van der Waals surface area (Å²) in [5.41, 5.74) is 0.857. The van der Waals surface area contributed by atoms with E-state index in [4.69, 9.17) is 0 Å². The van der Waals surface area contributed by atoms with Crippen LogP contribution in [-0.4, -0.2) is 57.7 Å². The molecule has 7 heteroatoms. The lowest BCUT2D eigenvalue weighted by atomic mass is 10.3. The maximum atomic E-state index is 4.69. The Bertz CT molecular complexity index is 745. The van der Waals surface area contributed by atoms with Gasteiger partial charge in [-0.25, -0.2) is 4.99 Å². The number of aliphatic imine (C=N–C) groups is 1. The minimum atomic E-state index is 0.509. The quantitative estimate of drug-likeness (QED) is 0.529. The molecule has 0 atom stereocenters. The first-order chi connectivity index (χ1) is 12.8. The monoisotopic (exact) mass is 355 g/mol. The number of nitrogens with zero attached hydrogens (tertiary/aromatic N) is 5. The first kappa shape index (κ1) is 17.3. The Morgan fingerprint density at radius 3 is 2.88 bits per heavy atom. The number of rotatable bonds is 9. The third kappa shape index (κ3) is 4.52. The molecule has 0 aliphatic heterocycles. The standard InChI is InChI=1S/C19H29N7/c1-2-20-19(21-10-12-25(16-8-9-16)14-15-6-7-15)22-13-18-24-23-17-5-3-4-11-26(17)18/h3-5,11,15-16H,2,6-10,12-14H2,1H3,(H2,20,21,22). The Balaban J connectivity index is 1.31. The van der Waals surface area contributed by atoms with Gasteiger partial charge in [0, 0.05) is 38.4 Å². The average Bonchev–Trinajstić information content (AvgIpc) is 3.57. The van der Waals surface area contributed by atoms with Crippen LogP contribution >= 0.6 is 0 Å². The number of hydrogen-bond acceptors (Lipinski definition) is 4. The molecule has 2 aliphatic rings. The molecule has 26 heavy (non-hydrogen) atoms. The topological polar surface area (TPSA) is 69.8 Å². The number of guanidine groups is 1. The van der Waals surface area contributed by atoms with E-state index < -0.39 is 0 Å². The third-order valence-corrected chi connectivity index (χ3v) is 5.05. The fourth-order valence-corrected chi connectivity index (χ4v) is 3.30. The van der Waals surface area contributed by atoms with Gasteiger partial charge in [0.25, 0.3) is 0 Å². The van der Waals surface area contributed by atoms with Gasteiger partial charge >= 0.3 is 0 Å². The summed E-state index contributed by atoms with van der Waals surface area (Å²) >= 11 is 0. The number of pyridine rings is 1. The summed E-state index contributed by atoms with van der Waals surface area (Å²) in [7, 11) is 0. The van der Waals surface area contributed by atoms with Gasteiger partial charge in [0.2, 0.25) is 0 Å². The van der Waals surface area contributed by atoms with Gasteiger partial charge in [-0.3, -0.25) is 9.30 Å². The van der Waals surface area contributed by atoms with E-state index in [0.29, 0.717) is 6.54 Å². The van der Waals surface area contributed by atoms with Crippen LogP contribution in [0.3, 0.4) is 0 Å². The predicted molar refractivity (Wildman–Crippen MR) is 103 cm³/mol. The highest BCUT2D eigenvalue weighted by molar-refractivity contribution is 5.79. The van der Waals surface area contributed by atoms with Crippen LogP contribution in [0.1, 0.15) is 38.4 Å². The van der Waals surface area contributed by atoms with Crippen molar-refractivity contribution in [2.24, 2.45) is 10.9 Å². The molecule has 2 aromatic heterocycles. The van der Waals surface area contributed by atoms with Gasteiger partial charge in [-0.2, -0.15) is 0 Å². The molecule has 7 nitrogen and oxygen atoms in total. The van der Waals surface area contributed by atoms with Crippen molar-refractivity contribution >= 4 is 11.6 Å². The number of nitrogens with one attached hydrogen (secondary N) is 2. The SMILES string of the molecule is CCNC(=NCc1nnc2ccccn12)NCCN(CC1CC1)C1CC1. The fraction of sp³-hybridized carbons (Fsp3) is 0.632. The Hall–Kier alpha value is -2.15. The Labute approximate surface area is 154 Å². The van der Waals surface area contributed by atoms with Crippen molar-refractivity contribution in [2.75, 3.05) is 26.2 Å². The molecule has 0 bridgehead atoms. The van der Waals surface area contributed by atoms with Crippen LogP contribution in [-0.2, 0) is 6.54 Å². The van der Waals surface area contributed by atoms with Gasteiger partial charge in [-0.15, -0.1) is 10.2 Å². The Morgan fingerprint density at radius 1 is 1.23 bits per heavy atom. The van der Waals surface area contributed by atoms with Crippen LogP contribution in [0.15, 0.2) is 29.4 Å². The lowest BCUT2D eigenvalue weighted by molar-refractivity contribution is 0.256. The summed E-state index contributed by atoms with van der Waals surface area (Å²) in [6.07, 6.45) is 7.58. The zero-order valence-electron chi connectivity index (χ0n) is 15.6. The fourth-order valence-electron chi connectivity index (χ4n) is 3.30. The van der Waals surface area contributed by atoms with E-state index in [1.54, 1.807) is 0 Å². The van der Waals surface area contributed by atoms with Crippen LogP contribution in [0.4, 0.5) is 0 Å². The second-order valence-electron chi connectivity index (χ2n) is 7.34. The molecule has 0 spiro atoms. The van der Waals surface area contributed by atoms with Crippen molar-refractivity contribution in [3.63, 3.8) is 0 Å². The number of hydrogen-bond donors (Lipinski definition) is 2. The van der Waals surface area contributed by atoms with Crippen molar-refractivity contribution in [2.45, 2.75) is 45.2 Å². The van der Waals surface area contributed by atoms with Gasteiger partial charge in [0.1, 0.15) is 6.54 Å². The van der Waals surface area contributed by atoms with Gasteiger partial charge in [-0.1, -0.05) is 6.07 Å². The highest BCUT2D eigenvalue weighted by Gasteiger charge is 2.33. The lowest BCUT2D eigenvalue weighted by Crippen LogP contribution is -2.42. The molecular weight excluding hydrogens is 326 g/mol. The van der Waals surface area contributed by atoms with Gasteiger partial charge in [0.15, 0.2) is 17.4 Å². The molecule has 2 fully saturated rings. The summed E-state index contributed by atoms with van der Waals surface area (Å²) < 4.78 is 1.98. The summed E-state index contributed by atoms with van der Waals surface area (Å²) in [5, 5.41) is 15.2. The molecule has 140 valence electrons. The van der Waals surface area contributed by atoms with E-state index in [1.165, 1.54) is 32.2 Å². The van der Waals surface area contributed by atoms with Crippen molar-refractivity contribution in [1.29, 1.82) is 0 Å². The molecule has 4 rings (SSSR count). The van der Waals surface area contributed by atoms with Crippen LogP contribution in [0.2, 0.25) is 0 Å². The van der Waals surface area contributed by atoms with Crippen LogP contribution in [0.25, 0.3) is 5.65 Å².